The number of aromatic nitrogens is 2. The van der Waals surface area contributed by atoms with Gasteiger partial charge in [-0.15, -0.1) is 0 Å². The molecule has 1 aliphatic carbocycles. The Morgan fingerprint density at radius 3 is 2.40 bits per heavy atom. The van der Waals surface area contributed by atoms with Gasteiger partial charge in [0.15, 0.2) is 0 Å². The molecule has 3 heterocycles. The third kappa shape index (κ3) is 5.20. The van der Waals surface area contributed by atoms with Crippen molar-refractivity contribution in [2.24, 2.45) is 5.41 Å². The van der Waals surface area contributed by atoms with Gasteiger partial charge in [0.2, 0.25) is 11.7 Å². The standard InChI is InChI=1S/C25H24F4N4O2/c1-17(26)5-6-21(34)33(20-4-2-3-18(11-20)12-30)15-23-7-9-24(10-8-23,35-16-23)19-13-31-22(32-14-19)25(27,28)29/h2-4,11,13-14H,1,5-10,15-16H2. The van der Waals surface area contributed by atoms with Crippen LogP contribution < -0.4 is 4.90 Å². The maximum absolute atomic E-state index is 13.2. The fourth-order valence-electron chi connectivity index (χ4n) is 4.83. The van der Waals surface area contributed by atoms with Gasteiger partial charge in [0.05, 0.1) is 29.7 Å². The van der Waals surface area contributed by atoms with E-state index in [4.69, 9.17) is 4.74 Å². The second-order valence-corrected chi connectivity index (χ2v) is 9.24. The maximum atomic E-state index is 13.2. The fraction of sp³-hybridized carbons (Fsp3) is 0.440. The Bertz CT molecular complexity index is 1130. The van der Waals surface area contributed by atoms with E-state index in [0.717, 1.165) is 0 Å². The molecule has 0 unspecified atom stereocenters. The number of rotatable bonds is 7. The molecule has 2 aliphatic heterocycles. The summed E-state index contributed by atoms with van der Waals surface area (Å²) < 4.78 is 58.0. The summed E-state index contributed by atoms with van der Waals surface area (Å²) in [6.45, 7) is 3.84. The lowest BCUT2D eigenvalue weighted by molar-refractivity contribution is -0.187. The fourth-order valence-corrected chi connectivity index (χ4v) is 4.83. The summed E-state index contributed by atoms with van der Waals surface area (Å²) in [6.07, 6.45) is 0.0362. The minimum atomic E-state index is -4.61. The third-order valence-electron chi connectivity index (χ3n) is 6.90. The summed E-state index contributed by atoms with van der Waals surface area (Å²) in [5, 5.41) is 9.27. The first-order valence-corrected chi connectivity index (χ1v) is 11.2. The van der Waals surface area contributed by atoms with Gasteiger partial charge in [-0.1, -0.05) is 12.6 Å². The predicted octanol–water partition coefficient (Wildman–Crippen LogP) is 5.45. The molecule has 1 aromatic carbocycles. The van der Waals surface area contributed by atoms with Crippen molar-refractivity contribution < 1.29 is 27.1 Å². The molecule has 5 rings (SSSR count). The zero-order valence-electron chi connectivity index (χ0n) is 18.9. The minimum Gasteiger partial charge on any atom is -0.370 e. The number of alkyl halides is 3. The quantitative estimate of drug-likeness (QED) is 0.485. The highest BCUT2D eigenvalue weighted by atomic mass is 19.4. The Hall–Kier alpha value is -3.32. The van der Waals surface area contributed by atoms with Gasteiger partial charge in [0.1, 0.15) is 0 Å². The van der Waals surface area contributed by atoms with E-state index in [2.05, 4.69) is 22.6 Å². The van der Waals surface area contributed by atoms with Gasteiger partial charge < -0.3 is 9.64 Å². The van der Waals surface area contributed by atoms with E-state index in [-0.39, 0.29) is 24.2 Å². The van der Waals surface area contributed by atoms with E-state index in [0.29, 0.717) is 55.6 Å². The summed E-state index contributed by atoms with van der Waals surface area (Å²) in [5.41, 5.74) is 0.325. The van der Waals surface area contributed by atoms with E-state index < -0.39 is 23.4 Å². The second-order valence-electron chi connectivity index (χ2n) is 9.24. The molecule has 3 aliphatic rings. The molecule has 3 fully saturated rings. The molecule has 1 aromatic heterocycles. The summed E-state index contributed by atoms with van der Waals surface area (Å²) in [4.78, 5) is 21.6. The van der Waals surface area contributed by atoms with Gasteiger partial charge in [-0.3, -0.25) is 4.79 Å². The monoisotopic (exact) mass is 488 g/mol. The lowest BCUT2D eigenvalue weighted by atomic mass is 9.64. The van der Waals surface area contributed by atoms with E-state index in [1.165, 1.54) is 12.4 Å². The van der Waals surface area contributed by atoms with Crippen molar-refractivity contribution in [1.82, 2.24) is 9.97 Å². The number of amides is 1. The summed E-state index contributed by atoms with van der Waals surface area (Å²) >= 11 is 0. The number of nitrogens with zero attached hydrogens (tertiary/aromatic N) is 4. The van der Waals surface area contributed by atoms with Crippen molar-refractivity contribution >= 4 is 11.6 Å². The predicted molar refractivity (Wildman–Crippen MR) is 119 cm³/mol. The van der Waals surface area contributed by atoms with Crippen molar-refractivity contribution in [3.63, 3.8) is 0 Å². The Balaban J connectivity index is 1.53. The first-order valence-electron chi connectivity index (χ1n) is 11.2. The van der Waals surface area contributed by atoms with Crippen LogP contribution in [0.2, 0.25) is 0 Å². The van der Waals surface area contributed by atoms with Gasteiger partial charge in [0, 0.05) is 48.4 Å². The Morgan fingerprint density at radius 2 is 1.86 bits per heavy atom. The van der Waals surface area contributed by atoms with Gasteiger partial charge in [-0.25, -0.2) is 14.4 Å². The van der Waals surface area contributed by atoms with Crippen LogP contribution in [-0.2, 0) is 21.3 Å². The van der Waals surface area contributed by atoms with Crippen LogP contribution in [0.1, 0.15) is 55.5 Å². The van der Waals surface area contributed by atoms with Crippen LogP contribution in [0.4, 0.5) is 23.2 Å². The van der Waals surface area contributed by atoms with Crippen LogP contribution in [0.3, 0.4) is 0 Å². The largest absolute Gasteiger partial charge is 0.451 e. The maximum Gasteiger partial charge on any atom is 0.451 e. The lowest BCUT2D eigenvalue weighted by Gasteiger charge is -2.54. The first kappa shape index (κ1) is 24.8. The molecule has 35 heavy (non-hydrogen) atoms. The average molecular weight is 488 g/mol. The number of hydrogen-bond acceptors (Lipinski definition) is 5. The molecular weight excluding hydrogens is 464 g/mol. The zero-order chi connectivity index (χ0) is 25.3. The smallest absolute Gasteiger partial charge is 0.370 e. The number of anilines is 1. The van der Waals surface area contributed by atoms with Gasteiger partial charge in [0.25, 0.3) is 0 Å². The number of allylic oxidation sites excluding steroid dienone is 1. The van der Waals surface area contributed by atoms with E-state index in [1.54, 1.807) is 29.2 Å². The van der Waals surface area contributed by atoms with Crippen LogP contribution >= 0.6 is 0 Å². The van der Waals surface area contributed by atoms with Crippen LogP contribution in [0.25, 0.3) is 0 Å². The zero-order valence-corrected chi connectivity index (χ0v) is 18.9. The molecule has 6 nitrogen and oxygen atoms in total. The van der Waals surface area contributed by atoms with Crippen molar-refractivity contribution in [3.8, 4) is 6.07 Å². The Labute approximate surface area is 200 Å². The van der Waals surface area contributed by atoms with E-state index >= 15 is 0 Å². The number of carbonyl (C=O) groups excluding carboxylic acids is 1. The number of halogens is 4. The van der Waals surface area contributed by atoms with Crippen molar-refractivity contribution in [3.05, 3.63) is 66.0 Å². The number of fused-ring (bicyclic) bond motifs is 3. The molecule has 0 radical (unpaired) electrons. The molecule has 1 saturated carbocycles. The average Bonchev–Trinajstić information content (AvgIpc) is 2.86. The summed E-state index contributed by atoms with van der Waals surface area (Å²) in [7, 11) is 0. The Kier molecular flexibility index (Phi) is 6.64. The van der Waals surface area contributed by atoms with Crippen LogP contribution in [0.15, 0.2) is 49.1 Å². The van der Waals surface area contributed by atoms with Gasteiger partial charge >= 0.3 is 6.18 Å². The number of nitriles is 1. The molecule has 0 atom stereocenters. The molecule has 0 spiro atoms. The SMILES string of the molecule is C=C(F)CCC(=O)N(CC12CCC(c3cnc(C(F)(F)F)nc3)(CC1)OC2)c1cccc(C#N)c1. The number of benzene rings is 1. The highest BCUT2D eigenvalue weighted by Crippen LogP contribution is 2.54. The molecule has 2 aromatic rings. The molecule has 10 heteroatoms. The normalized spacial score (nSPS) is 23.5. The number of carbonyl (C=O) groups is 1. The molecule has 2 bridgehead atoms. The minimum absolute atomic E-state index is 0.0596. The van der Waals surface area contributed by atoms with Crippen molar-refractivity contribution in [2.45, 2.75) is 50.3 Å². The molecule has 184 valence electrons. The van der Waals surface area contributed by atoms with Crippen molar-refractivity contribution in [1.29, 1.82) is 5.26 Å². The molecule has 2 saturated heterocycles. The first-order chi connectivity index (χ1) is 16.6. The lowest BCUT2D eigenvalue weighted by Crippen LogP contribution is -2.54. The Morgan fingerprint density at radius 1 is 1.17 bits per heavy atom. The molecule has 1 amide bonds. The topological polar surface area (TPSA) is 79.1 Å². The third-order valence-corrected chi connectivity index (χ3v) is 6.90. The van der Waals surface area contributed by atoms with Gasteiger partial charge in [-0.2, -0.15) is 18.4 Å². The number of hydrogen-bond donors (Lipinski definition) is 0. The summed E-state index contributed by atoms with van der Waals surface area (Å²) in [5.74, 6) is -2.06. The second kappa shape index (κ2) is 9.38. The number of ether oxygens (including phenoxy) is 1. The molecule has 0 N–H and O–H groups in total. The van der Waals surface area contributed by atoms with Crippen molar-refractivity contribution in [2.75, 3.05) is 18.1 Å². The van der Waals surface area contributed by atoms with E-state index in [9.17, 15) is 27.6 Å². The van der Waals surface area contributed by atoms with E-state index in [1.807, 2.05) is 0 Å². The highest BCUT2D eigenvalue weighted by molar-refractivity contribution is 5.93. The van der Waals surface area contributed by atoms with Crippen LogP contribution in [0.5, 0.6) is 0 Å². The highest BCUT2D eigenvalue weighted by Gasteiger charge is 2.52. The summed E-state index contributed by atoms with van der Waals surface area (Å²) in [6, 6.07) is 8.74. The van der Waals surface area contributed by atoms with Crippen LogP contribution in [-0.4, -0.2) is 29.0 Å². The van der Waals surface area contributed by atoms with Gasteiger partial charge in [-0.05, 0) is 43.9 Å². The van der Waals surface area contributed by atoms with Crippen LogP contribution in [0, 0.1) is 16.7 Å². The molecular formula is C25H24F4N4O2.